The molecule has 0 heterocycles. The Morgan fingerprint density at radius 3 is 2.28 bits per heavy atom. The lowest BCUT2D eigenvalue weighted by Gasteiger charge is -2.12. The summed E-state index contributed by atoms with van der Waals surface area (Å²) in [5, 5.41) is 8.57. The SMILES string of the molecule is N#CC(C(N)=O)C(=O)c1ccccc1C(F)(F)F. The van der Waals surface area contributed by atoms with E-state index in [-0.39, 0.29) is 0 Å². The standard InChI is InChI=1S/C11H7F3N2O2/c12-11(13,14)8-4-2-1-3-6(8)9(17)7(5-15)10(16)18/h1-4,7H,(H2,16,18). The predicted molar refractivity (Wildman–Crippen MR) is 54.1 cm³/mol. The minimum atomic E-state index is -4.75. The Morgan fingerprint density at radius 1 is 1.28 bits per heavy atom. The molecule has 0 aliphatic carbocycles. The number of hydrogen-bond acceptors (Lipinski definition) is 3. The lowest BCUT2D eigenvalue weighted by Crippen LogP contribution is -2.30. The van der Waals surface area contributed by atoms with Crippen LogP contribution >= 0.6 is 0 Å². The highest BCUT2D eigenvalue weighted by molar-refractivity contribution is 6.12. The number of ketones is 1. The normalized spacial score (nSPS) is 12.6. The second-order valence-corrected chi connectivity index (χ2v) is 3.37. The van der Waals surface area contributed by atoms with Crippen LogP contribution in [0.3, 0.4) is 0 Å². The van der Waals surface area contributed by atoms with Gasteiger partial charge in [-0.05, 0) is 6.07 Å². The molecule has 18 heavy (non-hydrogen) atoms. The minimum absolute atomic E-state index is 0.697. The van der Waals surface area contributed by atoms with Gasteiger partial charge >= 0.3 is 6.18 Å². The summed E-state index contributed by atoms with van der Waals surface area (Å²) < 4.78 is 37.9. The molecule has 7 heteroatoms. The van der Waals surface area contributed by atoms with E-state index in [1.165, 1.54) is 12.1 Å². The Morgan fingerprint density at radius 2 is 1.83 bits per heavy atom. The van der Waals surface area contributed by atoms with Gasteiger partial charge < -0.3 is 5.73 Å². The number of carbonyl (C=O) groups is 2. The first-order valence-corrected chi connectivity index (χ1v) is 4.68. The largest absolute Gasteiger partial charge is 0.417 e. The van der Waals surface area contributed by atoms with Crippen LogP contribution in [-0.2, 0) is 11.0 Å². The molecule has 1 aromatic rings. The first-order chi connectivity index (χ1) is 8.29. The number of nitrogens with two attached hydrogens (primary N) is 1. The van der Waals surface area contributed by atoms with Crippen molar-refractivity contribution in [3.8, 4) is 6.07 Å². The van der Waals surface area contributed by atoms with E-state index >= 15 is 0 Å². The molecule has 0 aliphatic heterocycles. The number of halogens is 3. The third-order valence-corrected chi connectivity index (χ3v) is 2.17. The molecule has 2 N–H and O–H groups in total. The molecule has 0 fully saturated rings. The molecule has 1 amide bonds. The summed E-state index contributed by atoms with van der Waals surface area (Å²) in [6.45, 7) is 0. The molecular formula is C11H7F3N2O2. The Hall–Kier alpha value is -2.36. The fourth-order valence-electron chi connectivity index (χ4n) is 1.35. The van der Waals surface area contributed by atoms with Gasteiger partial charge in [-0.2, -0.15) is 18.4 Å². The second-order valence-electron chi connectivity index (χ2n) is 3.37. The van der Waals surface area contributed by atoms with Crippen molar-refractivity contribution in [2.75, 3.05) is 0 Å². The molecule has 0 spiro atoms. The van der Waals surface area contributed by atoms with E-state index in [4.69, 9.17) is 11.0 Å². The summed E-state index contributed by atoms with van der Waals surface area (Å²) in [6, 6.07) is 5.19. The summed E-state index contributed by atoms with van der Waals surface area (Å²) in [5.41, 5.74) is 2.84. The molecular weight excluding hydrogens is 249 g/mol. The smallest absolute Gasteiger partial charge is 0.368 e. The Bertz CT molecular complexity index is 532. The number of rotatable bonds is 3. The van der Waals surface area contributed by atoms with Crippen LogP contribution in [0.25, 0.3) is 0 Å². The van der Waals surface area contributed by atoms with Gasteiger partial charge in [-0.3, -0.25) is 9.59 Å². The maximum absolute atomic E-state index is 12.6. The van der Waals surface area contributed by atoms with E-state index in [1.807, 2.05) is 0 Å². The maximum Gasteiger partial charge on any atom is 0.417 e. The van der Waals surface area contributed by atoms with Gasteiger partial charge in [0.15, 0.2) is 11.7 Å². The first-order valence-electron chi connectivity index (χ1n) is 4.68. The molecule has 0 saturated carbocycles. The molecule has 0 bridgehead atoms. The van der Waals surface area contributed by atoms with E-state index in [0.29, 0.717) is 6.07 Å². The van der Waals surface area contributed by atoms with Gasteiger partial charge in [0.25, 0.3) is 0 Å². The Balaban J connectivity index is 3.31. The number of hydrogen-bond donors (Lipinski definition) is 1. The maximum atomic E-state index is 12.6. The van der Waals surface area contributed by atoms with E-state index < -0.39 is 34.9 Å². The molecule has 4 nitrogen and oxygen atoms in total. The van der Waals surface area contributed by atoms with Crippen LogP contribution in [0.1, 0.15) is 15.9 Å². The minimum Gasteiger partial charge on any atom is -0.368 e. The van der Waals surface area contributed by atoms with Crippen molar-refractivity contribution in [3.63, 3.8) is 0 Å². The molecule has 1 unspecified atom stereocenters. The zero-order valence-electron chi connectivity index (χ0n) is 8.86. The fraction of sp³-hybridized carbons (Fsp3) is 0.182. The van der Waals surface area contributed by atoms with Gasteiger partial charge in [-0.25, -0.2) is 0 Å². The van der Waals surface area contributed by atoms with Crippen LogP contribution in [0.4, 0.5) is 13.2 Å². The summed E-state index contributed by atoms with van der Waals surface area (Å²) in [4.78, 5) is 22.5. The third-order valence-electron chi connectivity index (χ3n) is 2.17. The lowest BCUT2D eigenvalue weighted by molar-refractivity contribution is -0.138. The molecule has 94 valence electrons. The number of alkyl halides is 3. The molecule has 0 radical (unpaired) electrons. The molecule has 0 saturated heterocycles. The van der Waals surface area contributed by atoms with Crippen LogP contribution < -0.4 is 5.73 Å². The van der Waals surface area contributed by atoms with Crippen LogP contribution in [-0.4, -0.2) is 11.7 Å². The fourth-order valence-corrected chi connectivity index (χ4v) is 1.35. The van der Waals surface area contributed by atoms with E-state index in [1.54, 1.807) is 0 Å². The summed E-state index contributed by atoms with van der Waals surface area (Å²) in [6.07, 6.45) is -4.75. The van der Waals surface area contributed by atoms with Crippen molar-refractivity contribution in [2.24, 2.45) is 11.7 Å². The molecule has 1 atom stereocenters. The summed E-state index contributed by atoms with van der Waals surface area (Å²) in [5.74, 6) is -4.45. The number of nitriles is 1. The number of carbonyl (C=O) groups excluding carboxylic acids is 2. The van der Waals surface area contributed by atoms with E-state index in [2.05, 4.69) is 0 Å². The number of nitrogens with zero attached hydrogens (tertiary/aromatic N) is 1. The van der Waals surface area contributed by atoms with Crippen molar-refractivity contribution in [1.29, 1.82) is 5.26 Å². The van der Waals surface area contributed by atoms with E-state index in [9.17, 15) is 22.8 Å². The van der Waals surface area contributed by atoms with Gasteiger partial charge in [0.2, 0.25) is 5.91 Å². The predicted octanol–water partition coefficient (Wildman–Crippen LogP) is 1.51. The molecule has 0 aromatic heterocycles. The monoisotopic (exact) mass is 256 g/mol. The van der Waals surface area contributed by atoms with Gasteiger partial charge in [-0.15, -0.1) is 0 Å². The zero-order chi connectivity index (χ0) is 13.9. The van der Waals surface area contributed by atoms with Crippen LogP contribution in [0.15, 0.2) is 24.3 Å². The highest BCUT2D eigenvalue weighted by Gasteiger charge is 2.37. The van der Waals surface area contributed by atoms with Crippen molar-refractivity contribution < 1.29 is 22.8 Å². The summed E-state index contributed by atoms with van der Waals surface area (Å²) in [7, 11) is 0. The highest BCUT2D eigenvalue weighted by atomic mass is 19.4. The number of primary amides is 1. The second kappa shape index (κ2) is 4.87. The summed E-state index contributed by atoms with van der Waals surface area (Å²) >= 11 is 0. The zero-order valence-corrected chi connectivity index (χ0v) is 8.86. The van der Waals surface area contributed by atoms with Crippen LogP contribution in [0, 0.1) is 17.2 Å². The quantitative estimate of drug-likeness (QED) is 0.657. The first kappa shape index (κ1) is 13.7. The number of benzene rings is 1. The molecule has 1 aromatic carbocycles. The van der Waals surface area contributed by atoms with Crippen LogP contribution in [0.2, 0.25) is 0 Å². The van der Waals surface area contributed by atoms with Gasteiger partial charge in [0.05, 0.1) is 11.6 Å². The van der Waals surface area contributed by atoms with Crippen molar-refractivity contribution in [3.05, 3.63) is 35.4 Å². The molecule has 0 aliphatic rings. The van der Waals surface area contributed by atoms with Crippen molar-refractivity contribution >= 4 is 11.7 Å². The van der Waals surface area contributed by atoms with Gasteiger partial charge in [0, 0.05) is 5.56 Å². The Kier molecular flexibility index (Phi) is 3.71. The third kappa shape index (κ3) is 2.66. The molecule has 1 rings (SSSR count). The van der Waals surface area contributed by atoms with Crippen molar-refractivity contribution in [2.45, 2.75) is 6.18 Å². The van der Waals surface area contributed by atoms with E-state index in [0.717, 1.165) is 12.1 Å². The average molecular weight is 256 g/mol. The average Bonchev–Trinajstić information content (AvgIpc) is 2.28. The Labute approximate surface area is 99.8 Å². The van der Waals surface area contributed by atoms with Gasteiger partial charge in [0.1, 0.15) is 0 Å². The topological polar surface area (TPSA) is 83.9 Å². The number of Topliss-reactive ketones (excluding diaryl/α,β-unsaturated/α-hetero) is 1. The van der Waals surface area contributed by atoms with Gasteiger partial charge in [-0.1, -0.05) is 18.2 Å². The highest BCUT2D eigenvalue weighted by Crippen LogP contribution is 2.32. The lowest BCUT2D eigenvalue weighted by atomic mass is 9.94. The number of amides is 1. The van der Waals surface area contributed by atoms with Crippen LogP contribution in [0.5, 0.6) is 0 Å². The van der Waals surface area contributed by atoms with Crippen molar-refractivity contribution in [1.82, 2.24) is 0 Å².